The van der Waals surface area contributed by atoms with Gasteiger partial charge in [0.05, 0.1) is 11.5 Å². The van der Waals surface area contributed by atoms with Crippen LogP contribution in [0.5, 0.6) is 5.75 Å². The molecule has 1 atom stereocenters. The minimum absolute atomic E-state index is 0.0609. The molecular formula is C16H20ClNO6S. The molecule has 1 aromatic carbocycles. The van der Waals surface area contributed by atoms with E-state index < -0.39 is 34.4 Å². The van der Waals surface area contributed by atoms with E-state index in [4.69, 9.17) is 21.1 Å². The maximum atomic E-state index is 11.7. The fourth-order valence-corrected chi connectivity index (χ4v) is 4.62. The van der Waals surface area contributed by atoms with Crippen LogP contribution in [-0.2, 0) is 24.2 Å². The standard InChI is InChI=1S/C16H20ClNO6S/c1-10-5-12(17)6-11(2)16(10)24-8-15(20)23-7-14(19)18-13-3-4-25(21,22)9-13/h5-6,13H,3-4,7-9H2,1-2H3,(H,18,19)/t13-/m1/s1. The predicted molar refractivity (Wildman–Crippen MR) is 92.6 cm³/mol. The summed E-state index contributed by atoms with van der Waals surface area (Å²) in [5.41, 5.74) is 1.58. The topological polar surface area (TPSA) is 98.8 Å². The first kappa shape index (κ1) is 19.5. The maximum absolute atomic E-state index is 11.7. The van der Waals surface area contributed by atoms with Crippen LogP contribution in [0.25, 0.3) is 0 Å². The molecule has 1 amide bonds. The van der Waals surface area contributed by atoms with Gasteiger partial charge < -0.3 is 14.8 Å². The number of rotatable bonds is 6. The third-order valence-corrected chi connectivity index (χ3v) is 5.71. The zero-order valence-corrected chi connectivity index (χ0v) is 15.6. The number of sulfone groups is 1. The Bertz CT molecular complexity index is 754. The van der Waals surface area contributed by atoms with Crippen LogP contribution in [-0.4, -0.2) is 51.1 Å². The molecule has 0 radical (unpaired) electrons. The number of benzene rings is 1. The molecule has 0 saturated carbocycles. The molecular weight excluding hydrogens is 370 g/mol. The highest BCUT2D eigenvalue weighted by molar-refractivity contribution is 7.91. The number of halogens is 1. The zero-order chi connectivity index (χ0) is 18.6. The number of ether oxygens (including phenoxy) is 2. The summed E-state index contributed by atoms with van der Waals surface area (Å²) in [4.78, 5) is 23.4. The monoisotopic (exact) mass is 389 g/mol. The van der Waals surface area contributed by atoms with E-state index in [1.54, 1.807) is 12.1 Å². The zero-order valence-electron chi connectivity index (χ0n) is 14.0. The lowest BCUT2D eigenvalue weighted by Gasteiger charge is -2.13. The van der Waals surface area contributed by atoms with Crippen LogP contribution in [0.2, 0.25) is 5.02 Å². The smallest absolute Gasteiger partial charge is 0.344 e. The molecule has 1 saturated heterocycles. The fraction of sp³-hybridized carbons (Fsp3) is 0.500. The molecule has 7 nitrogen and oxygen atoms in total. The van der Waals surface area contributed by atoms with Crippen molar-refractivity contribution < 1.29 is 27.5 Å². The lowest BCUT2D eigenvalue weighted by molar-refractivity contribution is -0.150. The van der Waals surface area contributed by atoms with Crippen molar-refractivity contribution in [1.29, 1.82) is 0 Å². The molecule has 1 fully saturated rings. The highest BCUT2D eigenvalue weighted by Crippen LogP contribution is 2.26. The predicted octanol–water partition coefficient (Wildman–Crippen LogP) is 1.18. The minimum Gasteiger partial charge on any atom is -0.481 e. The fourth-order valence-electron chi connectivity index (χ4n) is 2.62. The average Bonchev–Trinajstić information content (AvgIpc) is 2.82. The third kappa shape index (κ3) is 5.89. The first-order chi connectivity index (χ1) is 11.7. The largest absolute Gasteiger partial charge is 0.481 e. The molecule has 1 heterocycles. The molecule has 1 N–H and O–H groups in total. The molecule has 138 valence electrons. The van der Waals surface area contributed by atoms with Gasteiger partial charge >= 0.3 is 5.97 Å². The molecule has 0 aliphatic carbocycles. The molecule has 1 aliphatic rings. The van der Waals surface area contributed by atoms with Crippen LogP contribution < -0.4 is 10.1 Å². The van der Waals surface area contributed by atoms with Crippen molar-refractivity contribution in [1.82, 2.24) is 5.32 Å². The quantitative estimate of drug-likeness (QED) is 0.733. The number of nitrogens with one attached hydrogen (secondary N) is 1. The molecule has 25 heavy (non-hydrogen) atoms. The highest BCUT2D eigenvalue weighted by atomic mass is 35.5. The molecule has 2 rings (SSSR count). The van der Waals surface area contributed by atoms with E-state index in [9.17, 15) is 18.0 Å². The Morgan fingerprint density at radius 2 is 1.88 bits per heavy atom. The van der Waals surface area contributed by atoms with Gasteiger partial charge in [0.15, 0.2) is 23.1 Å². The maximum Gasteiger partial charge on any atom is 0.344 e. The average molecular weight is 390 g/mol. The number of carbonyl (C=O) groups is 2. The number of aryl methyl sites for hydroxylation is 2. The Morgan fingerprint density at radius 3 is 2.44 bits per heavy atom. The van der Waals surface area contributed by atoms with Crippen molar-refractivity contribution in [2.45, 2.75) is 26.3 Å². The van der Waals surface area contributed by atoms with Gasteiger partial charge in [0.2, 0.25) is 0 Å². The summed E-state index contributed by atoms with van der Waals surface area (Å²) in [6.45, 7) is 2.80. The van der Waals surface area contributed by atoms with Gasteiger partial charge in [-0.1, -0.05) is 11.6 Å². The van der Waals surface area contributed by atoms with Gasteiger partial charge in [-0.2, -0.15) is 0 Å². The Hall–Kier alpha value is -1.80. The van der Waals surface area contributed by atoms with E-state index in [0.717, 1.165) is 11.1 Å². The number of hydrogen-bond acceptors (Lipinski definition) is 6. The Labute approximate surface area is 151 Å². The van der Waals surface area contributed by atoms with Gasteiger partial charge in [-0.3, -0.25) is 4.79 Å². The van der Waals surface area contributed by atoms with E-state index >= 15 is 0 Å². The normalized spacial score (nSPS) is 18.6. The molecule has 9 heteroatoms. The summed E-state index contributed by atoms with van der Waals surface area (Å²) in [6.07, 6.45) is 0.375. The van der Waals surface area contributed by atoms with Gasteiger partial charge in [-0.25, -0.2) is 13.2 Å². The van der Waals surface area contributed by atoms with Crippen molar-refractivity contribution >= 4 is 33.3 Å². The molecule has 1 aliphatic heterocycles. The number of carbonyl (C=O) groups excluding carboxylic acids is 2. The number of hydrogen-bond donors (Lipinski definition) is 1. The van der Waals surface area contributed by atoms with Crippen LogP contribution >= 0.6 is 11.6 Å². The Balaban J connectivity index is 1.75. The second kappa shape index (κ2) is 8.05. The molecule has 0 unspecified atom stereocenters. The summed E-state index contributed by atoms with van der Waals surface area (Å²) < 4.78 is 32.9. The van der Waals surface area contributed by atoms with E-state index in [1.165, 1.54) is 0 Å². The van der Waals surface area contributed by atoms with E-state index in [0.29, 0.717) is 17.2 Å². The van der Waals surface area contributed by atoms with Crippen LogP contribution in [0.3, 0.4) is 0 Å². The van der Waals surface area contributed by atoms with Crippen molar-refractivity contribution in [3.63, 3.8) is 0 Å². The highest BCUT2D eigenvalue weighted by Gasteiger charge is 2.29. The van der Waals surface area contributed by atoms with Crippen molar-refractivity contribution in [2.24, 2.45) is 0 Å². The first-order valence-corrected chi connectivity index (χ1v) is 9.91. The van der Waals surface area contributed by atoms with Gasteiger partial charge in [0, 0.05) is 11.1 Å². The summed E-state index contributed by atoms with van der Waals surface area (Å²) in [7, 11) is -3.07. The molecule has 0 aromatic heterocycles. The lowest BCUT2D eigenvalue weighted by Crippen LogP contribution is -2.38. The van der Waals surface area contributed by atoms with E-state index in [1.807, 2.05) is 13.8 Å². The summed E-state index contributed by atoms with van der Waals surface area (Å²) >= 11 is 5.93. The second-order valence-corrected chi connectivity index (χ2v) is 8.65. The van der Waals surface area contributed by atoms with Gasteiger partial charge in [-0.15, -0.1) is 0 Å². The van der Waals surface area contributed by atoms with Crippen molar-refractivity contribution in [2.75, 3.05) is 24.7 Å². The molecule has 0 bridgehead atoms. The van der Waals surface area contributed by atoms with Gasteiger partial charge in [0.25, 0.3) is 5.91 Å². The van der Waals surface area contributed by atoms with Crippen LogP contribution in [0, 0.1) is 13.8 Å². The number of amides is 1. The summed E-state index contributed by atoms with van der Waals surface area (Å²) in [5, 5.41) is 3.12. The summed E-state index contributed by atoms with van der Waals surface area (Å²) in [6, 6.07) is 3.02. The van der Waals surface area contributed by atoms with Crippen LogP contribution in [0.4, 0.5) is 0 Å². The molecule has 1 aromatic rings. The van der Waals surface area contributed by atoms with Crippen molar-refractivity contribution in [3.05, 3.63) is 28.3 Å². The summed E-state index contributed by atoms with van der Waals surface area (Å²) in [5.74, 6) is -0.699. The first-order valence-electron chi connectivity index (χ1n) is 7.71. The Kier molecular flexibility index (Phi) is 6.29. The van der Waals surface area contributed by atoms with E-state index in [2.05, 4.69) is 5.32 Å². The number of esters is 1. The molecule has 0 spiro atoms. The third-order valence-electron chi connectivity index (χ3n) is 3.72. The van der Waals surface area contributed by atoms with Gasteiger partial charge in [0.1, 0.15) is 5.75 Å². The second-order valence-electron chi connectivity index (χ2n) is 5.99. The van der Waals surface area contributed by atoms with E-state index in [-0.39, 0.29) is 18.1 Å². The van der Waals surface area contributed by atoms with Crippen molar-refractivity contribution in [3.8, 4) is 5.75 Å². The minimum atomic E-state index is -3.07. The lowest BCUT2D eigenvalue weighted by atomic mass is 10.1. The van der Waals surface area contributed by atoms with Gasteiger partial charge in [-0.05, 0) is 43.5 Å². The SMILES string of the molecule is Cc1cc(Cl)cc(C)c1OCC(=O)OCC(=O)N[C@@H]1CCS(=O)(=O)C1. The van der Waals surface area contributed by atoms with Crippen LogP contribution in [0.15, 0.2) is 12.1 Å². The van der Waals surface area contributed by atoms with Crippen LogP contribution in [0.1, 0.15) is 17.5 Å². The Morgan fingerprint density at radius 1 is 1.24 bits per heavy atom.